The van der Waals surface area contributed by atoms with Gasteiger partial charge in [-0.1, -0.05) is 20.8 Å². The van der Waals surface area contributed by atoms with Crippen molar-refractivity contribution in [2.45, 2.75) is 33.1 Å². The predicted molar refractivity (Wildman–Crippen MR) is 70.4 cm³/mol. The van der Waals surface area contributed by atoms with Crippen LogP contribution < -0.4 is 4.74 Å². The van der Waals surface area contributed by atoms with Gasteiger partial charge in [-0.05, 0) is 22.4 Å². The average Bonchev–Trinajstić information content (AvgIpc) is 2.28. The molecule has 0 fully saturated rings. The van der Waals surface area contributed by atoms with Crippen LogP contribution in [-0.4, -0.2) is 29.8 Å². The zero-order chi connectivity index (χ0) is 12.7. The van der Waals surface area contributed by atoms with Crippen LogP contribution in [0, 0.1) is 0 Å². The molecule has 4 nitrogen and oxygen atoms in total. The maximum atomic E-state index is 5.52. The van der Waals surface area contributed by atoms with E-state index in [0.29, 0.717) is 19.1 Å². The quantitative estimate of drug-likeness (QED) is 0.573. The van der Waals surface area contributed by atoms with Crippen molar-refractivity contribution >= 4 is 15.9 Å². The highest BCUT2D eigenvalue weighted by Gasteiger charge is 2.07. The van der Waals surface area contributed by atoms with E-state index in [4.69, 9.17) is 9.47 Å². The number of nitrogens with zero attached hydrogens (tertiary/aromatic N) is 2. The van der Waals surface area contributed by atoms with E-state index < -0.39 is 0 Å². The van der Waals surface area contributed by atoms with Gasteiger partial charge in [-0.25, -0.2) is 4.98 Å². The largest absolute Gasteiger partial charge is 0.475 e. The van der Waals surface area contributed by atoms with Crippen molar-refractivity contribution in [3.63, 3.8) is 0 Å². The molecule has 17 heavy (non-hydrogen) atoms. The van der Waals surface area contributed by atoms with Gasteiger partial charge in [0.15, 0.2) is 0 Å². The first kappa shape index (κ1) is 14.4. The molecule has 0 radical (unpaired) electrons. The molecule has 96 valence electrons. The van der Waals surface area contributed by atoms with Gasteiger partial charge < -0.3 is 9.47 Å². The Bertz CT molecular complexity index is 345. The molecule has 0 amide bonds. The van der Waals surface area contributed by atoms with E-state index in [1.54, 1.807) is 6.07 Å². The third kappa shape index (κ3) is 5.46. The first-order chi connectivity index (χ1) is 8.13. The van der Waals surface area contributed by atoms with E-state index in [2.05, 4.69) is 46.7 Å². The lowest BCUT2D eigenvalue weighted by molar-refractivity contribution is 0.0988. The van der Waals surface area contributed by atoms with Gasteiger partial charge in [-0.15, -0.1) is 0 Å². The monoisotopic (exact) mass is 302 g/mol. The molecule has 0 bridgehead atoms. The highest BCUT2D eigenvalue weighted by Crippen LogP contribution is 2.18. The molecule has 0 unspecified atom stereocenters. The van der Waals surface area contributed by atoms with Gasteiger partial charge in [-0.2, -0.15) is 4.98 Å². The smallest absolute Gasteiger partial charge is 0.217 e. The minimum Gasteiger partial charge on any atom is -0.475 e. The Balaban J connectivity index is 2.47. The summed E-state index contributed by atoms with van der Waals surface area (Å²) in [6.45, 7) is 8.06. The van der Waals surface area contributed by atoms with Gasteiger partial charge >= 0.3 is 0 Å². The minimum atomic E-state index is 0.284. The summed E-state index contributed by atoms with van der Waals surface area (Å²) in [7, 11) is 0. The first-order valence-corrected chi connectivity index (χ1v) is 6.67. The second kappa shape index (κ2) is 7.61. The maximum absolute atomic E-state index is 5.52. The molecular weight excluding hydrogens is 284 g/mol. The van der Waals surface area contributed by atoms with Crippen molar-refractivity contribution in [3.8, 4) is 5.88 Å². The fraction of sp³-hybridized carbons (Fsp3) is 0.667. The Labute approximate surface area is 111 Å². The third-order valence-corrected chi connectivity index (χ3v) is 2.44. The van der Waals surface area contributed by atoms with E-state index in [9.17, 15) is 0 Å². The molecule has 1 aromatic heterocycles. The van der Waals surface area contributed by atoms with Crippen molar-refractivity contribution < 1.29 is 9.47 Å². The lowest BCUT2D eigenvalue weighted by Crippen LogP contribution is -2.09. The lowest BCUT2D eigenvalue weighted by Gasteiger charge is -2.09. The number of aromatic nitrogens is 2. The average molecular weight is 303 g/mol. The normalized spacial score (nSPS) is 10.9. The number of halogens is 1. The van der Waals surface area contributed by atoms with Crippen LogP contribution in [0.5, 0.6) is 5.88 Å². The second-order valence-electron chi connectivity index (χ2n) is 4.00. The summed E-state index contributed by atoms with van der Waals surface area (Å²) in [5, 5.41) is 0. The summed E-state index contributed by atoms with van der Waals surface area (Å²) in [4.78, 5) is 8.62. The molecule has 0 aromatic carbocycles. The van der Waals surface area contributed by atoms with E-state index in [-0.39, 0.29) is 5.92 Å². The zero-order valence-corrected chi connectivity index (χ0v) is 12.2. The van der Waals surface area contributed by atoms with Crippen LogP contribution in [0.2, 0.25) is 0 Å². The molecule has 0 spiro atoms. The van der Waals surface area contributed by atoms with Crippen molar-refractivity contribution in [1.29, 1.82) is 0 Å². The molecule has 0 N–H and O–H groups in total. The van der Waals surface area contributed by atoms with Crippen molar-refractivity contribution in [2.75, 3.05) is 19.8 Å². The van der Waals surface area contributed by atoms with Crippen LogP contribution >= 0.6 is 15.9 Å². The lowest BCUT2D eigenvalue weighted by atomic mass is 10.2. The summed E-state index contributed by atoms with van der Waals surface area (Å²) in [6.07, 6.45) is 1.02. The molecule has 0 aliphatic rings. The van der Waals surface area contributed by atoms with Crippen LogP contribution in [0.25, 0.3) is 0 Å². The summed E-state index contributed by atoms with van der Waals surface area (Å²) in [5.41, 5.74) is 0. The van der Waals surface area contributed by atoms with Crippen molar-refractivity contribution in [3.05, 3.63) is 16.5 Å². The first-order valence-electron chi connectivity index (χ1n) is 5.88. The van der Waals surface area contributed by atoms with Crippen LogP contribution in [0.1, 0.15) is 38.9 Å². The Morgan fingerprint density at radius 1 is 1.24 bits per heavy atom. The van der Waals surface area contributed by atoms with E-state index in [1.807, 2.05) is 0 Å². The summed E-state index contributed by atoms with van der Waals surface area (Å²) < 4.78 is 11.6. The SMILES string of the molecule is CCCOCCOc1cc(Br)nc(C(C)C)n1. The standard InChI is InChI=1S/C12H19BrN2O2/c1-4-5-16-6-7-17-11-8-10(13)14-12(15-11)9(2)3/h8-9H,4-7H2,1-3H3. The predicted octanol–water partition coefficient (Wildman–Crippen LogP) is 3.17. The molecular formula is C12H19BrN2O2. The third-order valence-electron chi connectivity index (χ3n) is 2.03. The summed E-state index contributed by atoms with van der Waals surface area (Å²) in [6, 6.07) is 1.77. The molecule has 0 atom stereocenters. The molecule has 1 heterocycles. The second-order valence-corrected chi connectivity index (χ2v) is 4.82. The van der Waals surface area contributed by atoms with Gasteiger partial charge in [0, 0.05) is 18.6 Å². The van der Waals surface area contributed by atoms with E-state index in [0.717, 1.165) is 23.5 Å². The summed E-state index contributed by atoms with van der Waals surface area (Å²) in [5.74, 6) is 1.66. The fourth-order valence-corrected chi connectivity index (χ4v) is 1.57. The van der Waals surface area contributed by atoms with E-state index in [1.165, 1.54) is 0 Å². The molecule has 1 rings (SSSR count). The zero-order valence-electron chi connectivity index (χ0n) is 10.6. The van der Waals surface area contributed by atoms with E-state index >= 15 is 0 Å². The Morgan fingerprint density at radius 3 is 2.65 bits per heavy atom. The Morgan fingerprint density at radius 2 is 2.00 bits per heavy atom. The molecule has 1 aromatic rings. The molecule has 5 heteroatoms. The van der Waals surface area contributed by atoms with Crippen LogP contribution in [-0.2, 0) is 4.74 Å². The Kier molecular flexibility index (Phi) is 6.44. The fourth-order valence-electron chi connectivity index (χ4n) is 1.20. The number of hydrogen-bond acceptors (Lipinski definition) is 4. The van der Waals surface area contributed by atoms with Crippen molar-refractivity contribution in [2.24, 2.45) is 0 Å². The molecule has 0 saturated heterocycles. The van der Waals surface area contributed by atoms with Gasteiger partial charge in [0.1, 0.15) is 17.0 Å². The van der Waals surface area contributed by atoms with Gasteiger partial charge in [0.2, 0.25) is 5.88 Å². The number of rotatable bonds is 7. The summed E-state index contributed by atoms with van der Waals surface area (Å²) >= 11 is 3.35. The molecule has 0 saturated carbocycles. The number of hydrogen-bond donors (Lipinski definition) is 0. The highest BCUT2D eigenvalue weighted by atomic mass is 79.9. The number of ether oxygens (including phenoxy) is 2. The molecule has 0 aliphatic carbocycles. The van der Waals surface area contributed by atoms with Crippen LogP contribution in [0.15, 0.2) is 10.7 Å². The maximum Gasteiger partial charge on any atom is 0.217 e. The van der Waals surface area contributed by atoms with Gasteiger partial charge in [-0.3, -0.25) is 0 Å². The van der Waals surface area contributed by atoms with Crippen molar-refractivity contribution in [1.82, 2.24) is 9.97 Å². The Hall–Kier alpha value is -0.680. The minimum absolute atomic E-state index is 0.284. The highest BCUT2D eigenvalue weighted by molar-refractivity contribution is 9.10. The topological polar surface area (TPSA) is 44.2 Å². The van der Waals surface area contributed by atoms with Gasteiger partial charge in [0.05, 0.1) is 6.61 Å². The van der Waals surface area contributed by atoms with Crippen LogP contribution in [0.4, 0.5) is 0 Å². The van der Waals surface area contributed by atoms with Gasteiger partial charge in [0.25, 0.3) is 0 Å². The molecule has 0 aliphatic heterocycles. The van der Waals surface area contributed by atoms with Crippen LogP contribution in [0.3, 0.4) is 0 Å².